The minimum Gasteiger partial charge on any atom is -0.467 e. The van der Waals surface area contributed by atoms with Crippen molar-refractivity contribution in [2.75, 3.05) is 10.7 Å². The first-order valence-electron chi connectivity index (χ1n) is 9.42. The minimum absolute atomic E-state index is 0.0268. The molecular weight excluding hydrogens is 420 g/mol. The fourth-order valence-corrected chi connectivity index (χ4v) is 5.28. The predicted molar refractivity (Wildman–Crippen MR) is 118 cm³/mol. The highest BCUT2D eigenvalue weighted by molar-refractivity contribution is 7.91. The van der Waals surface area contributed by atoms with Crippen molar-refractivity contribution in [3.8, 4) is 0 Å². The largest absolute Gasteiger partial charge is 0.467 e. The molecule has 4 rings (SSSR count). The number of carbonyl (C=O) groups excluding carboxylic acids is 1. The number of nitrogens with zero attached hydrogens (tertiary/aromatic N) is 2. The molecule has 0 radical (unpaired) electrons. The topological polar surface area (TPSA) is 80.5 Å². The van der Waals surface area contributed by atoms with Crippen LogP contribution in [0.25, 0.3) is 10.2 Å². The standard InChI is InChI=1S/C22H20N2O4S2/c1-3-30(26,27)20-9-5-4-8-17(20)21(25)24(14-16-7-6-12-28-16)22-23-18-11-10-15(2)13-19(18)29-22/h4-13H,3,14H2,1-2H3. The molecule has 0 N–H and O–H groups in total. The smallest absolute Gasteiger partial charge is 0.261 e. The Kier molecular flexibility index (Phi) is 5.44. The molecule has 0 aliphatic heterocycles. The third-order valence-corrected chi connectivity index (χ3v) is 7.56. The van der Waals surface area contributed by atoms with Gasteiger partial charge in [-0.2, -0.15) is 0 Å². The van der Waals surface area contributed by atoms with Crippen LogP contribution in [-0.2, 0) is 16.4 Å². The van der Waals surface area contributed by atoms with Gasteiger partial charge in [-0.05, 0) is 48.9 Å². The van der Waals surface area contributed by atoms with E-state index in [2.05, 4.69) is 4.98 Å². The Labute approximate surface area is 178 Å². The highest BCUT2D eigenvalue weighted by atomic mass is 32.2. The normalized spacial score (nSPS) is 11.7. The van der Waals surface area contributed by atoms with Crippen LogP contribution in [0.15, 0.2) is 70.2 Å². The molecule has 0 aliphatic rings. The van der Waals surface area contributed by atoms with E-state index in [4.69, 9.17) is 4.42 Å². The third kappa shape index (κ3) is 3.88. The summed E-state index contributed by atoms with van der Waals surface area (Å²) < 4.78 is 31.6. The number of sulfone groups is 1. The lowest BCUT2D eigenvalue weighted by Crippen LogP contribution is -2.31. The Hall–Kier alpha value is -2.97. The Morgan fingerprint density at radius 1 is 1.13 bits per heavy atom. The van der Waals surface area contributed by atoms with Gasteiger partial charge in [0.25, 0.3) is 5.91 Å². The van der Waals surface area contributed by atoms with Gasteiger partial charge in [0.1, 0.15) is 5.76 Å². The number of fused-ring (bicyclic) bond motifs is 1. The van der Waals surface area contributed by atoms with E-state index in [-0.39, 0.29) is 22.8 Å². The van der Waals surface area contributed by atoms with Gasteiger partial charge in [-0.1, -0.05) is 36.5 Å². The lowest BCUT2D eigenvalue weighted by molar-refractivity contribution is 0.0980. The molecule has 4 aromatic rings. The van der Waals surface area contributed by atoms with Crippen LogP contribution < -0.4 is 4.90 Å². The first-order chi connectivity index (χ1) is 14.4. The highest BCUT2D eigenvalue weighted by Crippen LogP contribution is 2.32. The number of hydrogen-bond donors (Lipinski definition) is 0. The number of hydrogen-bond acceptors (Lipinski definition) is 6. The zero-order valence-electron chi connectivity index (χ0n) is 16.5. The maximum absolute atomic E-state index is 13.6. The second kappa shape index (κ2) is 8.04. The van der Waals surface area contributed by atoms with Gasteiger partial charge in [-0.3, -0.25) is 9.69 Å². The van der Waals surface area contributed by atoms with E-state index < -0.39 is 15.7 Å². The van der Waals surface area contributed by atoms with Crippen LogP contribution in [0.5, 0.6) is 0 Å². The van der Waals surface area contributed by atoms with Crippen LogP contribution in [0, 0.1) is 6.92 Å². The van der Waals surface area contributed by atoms with Crippen molar-refractivity contribution < 1.29 is 17.6 Å². The summed E-state index contributed by atoms with van der Waals surface area (Å²) in [7, 11) is -3.57. The molecule has 2 aromatic carbocycles. The molecule has 0 fully saturated rings. The number of benzene rings is 2. The number of aromatic nitrogens is 1. The lowest BCUT2D eigenvalue weighted by atomic mass is 10.2. The fourth-order valence-electron chi connectivity index (χ4n) is 3.14. The van der Waals surface area contributed by atoms with Crippen molar-refractivity contribution in [1.29, 1.82) is 0 Å². The summed E-state index contributed by atoms with van der Waals surface area (Å²) in [4.78, 5) is 19.7. The Bertz CT molecular complexity index is 1310. The van der Waals surface area contributed by atoms with Crippen LogP contribution in [0.3, 0.4) is 0 Å². The molecule has 6 nitrogen and oxygen atoms in total. The van der Waals surface area contributed by atoms with Crippen molar-refractivity contribution in [1.82, 2.24) is 4.98 Å². The van der Waals surface area contributed by atoms with Gasteiger partial charge in [0.05, 0.1) is 39.2 Å². The summed E-state index contributed by atoms with van der Waals surface area (Å²) >= 11 is 1.39. The number of thiazole rings is 1. The summed E-state index contributed by atoms with van der Waals surface area (Å²) in [6, 6.07) is 15.7. The van der Waals surface area contributed by atoms with Crippen molar-refractivity contribution in [3.63, 3.8) is 0 Å². The van der Waals surface area contributed by atoms with Gasteiger partial charge in [0.2, 0.25) is 0 Å². The Morgan fingerprint density at radius 2 is 1.93 bits per heavy atom. The minimum atomic E-state index is -3.57. The van der Waals surface area contributed by atoms with Crippen LogP contribution in [0.2, 0.25) is 0 Å². The maximum Gasteiger partial charge on any atom is 0.261 e. The summed E-state index contributed by atoms with van der Waals surface area (Å²) in [6.45, 7) is 3.70. The zero-order chi connectivity index (χ0) is 21.3. The molecule has 154 valence electrons. The molecule has 0 spiro atoms. The molecular formula is C22H20N2O4S2. The third-order valence-electron chi connectivity index (χ3n) is 4.74. The Morgan fingerprint density at radius 3 is 2.67 bits per heavy atom. The fraction of sp³-hybridized carbons (Fsp3) is 0.182. The van der Waals surface area contributed by atoms with E-state index >= 15 is 0 Å². The van der Waals surface area contributed by atoms with Gasteiger partial charge in [-0.25, -0.2) is 13.4 Å². The molecule has 0 bridgehead atoms. The SMILES string of the molecule is CCS(=O)(=O)c1ccccc1C(=O)N(Cc1ccco1)c1nc2ccc(C)cc2s1. The average Bonchev–Trinajstić information content (AvgIpc) is 3.40. The predicted octanol–water partition coefficient (Wildman–Crippen LogP) is 4.84. The van der Waals surface area contributed by atoms with Crippen molar-refractivity contribution in [2.45, 2.75) is 25.3 Å². The van der Waals surface area contributed by atoms with E-state index in [1.165, 1.54) is 34.6 Å². The van der Waals surface area contributed by atoms with E-state index in [9.17, 15) is 13.2 Å². The van der Waals surface area contributed by atoms with Crippen LogP contribution in [0.4, 0.5) is 5.13 Å². The molecule has 1 amide bonds. The molecule has 8 heteroatoms. The molecule has 0 unspecified atom stereocenters. The lowest BCUT2D eigenvalue weighted by Gasteiger charge is -2.20. The summed E-state index contributed by atoms with van der Waals surface area (Å²) in [5.74, 6) is 0.0556. The zero-order valence-corrected chi connectivity index (χ0v) is 18.2. The summed E-state index contributed by atoms with van der Waals surface area (Å²) in [5, 5.41) is 0.487. The molecule has 0 atom stereocenters. The first-order valence-corrected chi connectivity index (χ1v) is 11.9. The summed E-state index contributed by atoms with van der Waals surface area (Å²) in [5.41, 5.74) is 2.01. The number of furan rings is 1. The van der Waals surface area contributed by atoms with Crippen molar-refractivity contribution in [3.05, 3.63) is 77.7 Å². The van der Waals surface area contributed by atoms with Crippen LogP contribution in [0.1, 0.15) is 28.6 Å². The molecule has 2 aromatic heterocycles. The second-order valence-corrected chi connectivity index (χ2v) is 10.1. The molecule has 0 saturated heterocycles. The van der Waals surface area contributed by atoms with Crippen molar-refractivity contribution >= 4 is 42.4 Å². The van der Waals surface area contributed by atoms with Crippen LogP contribution in [-0.4, -0.2) is 25.1 Å². The molecule has 30 heavy (non-hydrogen) atoms. The van der Waals surface area contributed by atoms with Crippen molar-refractivity contribution in [2.24, 2.45) is 0 Å². The Balaban J connectivity index is 1.83. The first kappa shape index (κ1) is 20.3. The number of rotatable bonds is 6. The van der Waals surface area contributed by atoms with Gasteiger partial charge in [0, 0.05) is 0 Å². The average molecular weight is 441 g/mol. The van der Waals surface area contributed by atoms with E-state index in [0.29, 0.717) is 10.9 Å². The number of anilines is 1. The quantitative estimate of drug-likeness (QED) is 0.429. The van der Waals surface area contributed by atoms with Gasteiger partial charge in [-0.15, -0.1) is 0 Å². The second-order valence-electron chi connectivity index (χ2n) is 6.84. The van der Waals surface area contributed by atoms with Crippen LogP contribution >= 0.6 is 11.3 Å². The monoisotopic (exact) mass is 440 g/mol. The summed E-state index contributed by atoms with van der Waals surface area (Å²) in [6.07, 6.45) is 1.54. The molecule has 2 heterocycles. The molecule has 0 saturated carbocycles. The molecule has 0 aliphatic carbocycles. The van der Waals surface area contributed by atoms with Gasteiger partial charge >= 0.3 is 0 Å². The van der Waals surface area contributed by atoms with E-state index in [1.54, 1.807) is 31.2 Å². The van der Waals surface area contributed by atoms with E-state index in [0.717, 1.165) is 15.8 Å². The van der Waals surface area contributed by atoms with Gasteiger partial charge in [0.15, 0.2) is 15.0 Å². The number of aryl methyl sites for hydroxylation is 1. The number of carbonyl (C=O) groups is 1. The van der Waals surface area contributed by atoms with Gasteiger partial charge < -0.3 is 4.42 Å². The maximum atomic E-state index is 13.6. The highest BCUT2D eigenvalue weighted by Gasteiger charge is 2.28. The van der Waals surface area contributed by atoms with E-state index in [1.807, 2.05) is 25.1 Å². The number of amides is 1.